The third kappa shape index (κ3) is 5.24. The number of ether oxygens (including phenoxy) is 2. The van der Waals surface area contributed by atoms with E-state index in [1.165, 1.54) is 21.5 Å². The van der Waals surface area contributed by atoms with Crippen LogP contribution in [0.25, 0.3) is 55.0 Å². The Labute approximate surface area is 420 Å². The standard InChI is InChI=1S/C64H38B2N4O3/c1-5-17-39(18-6-1)67(40-19-7-2-8-20-40)43-29-33-49-53(37-43)69-51-27-15-13-25-45(51)47-31-35-55-57(59(47)69)65(49)63-61(71-55)62-64(73-63)66-50-34-30-44(68(41-21-9-3-10-22-41)42-23-11-4-12-24-42)38-54(50)70-52-28-16-14-26-46(52)48-32-36-56(72-62)58(66)60(48)70/h1-38H. The molecule has 10 aromatic carbocycles. The second-order valence-corrected chi connectivity index (χ2v) is 19.5. The zero-order valence-corrected chi connectivity index (χ0v) is 39.1. The summed E-state index contributed by atoms with van der Waals surface area (Å²) in [6.07, 6.45) is 0. The van der Waals surface area contributed by atoms with E-state index in [1.807, 2.05) is 0 Å². The normalized spacial score (nSPS) is 13.1. The lowest BCUT2D eigenvalue weighted by Crippen LogP contribution is -2.59. The quantitative estimate of drug-likeness (QED) is 0.156. The first kappa shape index (κ1) is 39.2. The van der Waals surface area contributed by atoms with E-state index in [4.69, 9.17) is 13.9 Å². The van der Waals surface area contributed by atoms with Crippen LogP contribution in [0.15, 0.2) is 235 Å². The van der Waals surface area contributed by atoms with Crippen LogP contribution in [0.4, 0.5) is 34.1 Å². The molecule has 0 N–H and O–H groups in total. The highest BCUT2D eigenvalue weighted by Crippen LogP contribution is 2.47. The van der Waals surface area contributed by atoms with Crippen molar-refractivity contribution in [2.75, 3.05) is 9.80 Å². The minimum Gasteiger partial charge on any atom is -0.477 e. The molecule has 17 rings (SSSR count). The molecule has 7 heterocycles. The fourth-order valence-electron chi connectivity index (χ4n) is 12.9. The summed E-state index contributed by atoms with van der Waals surface area (Å²) in [7, 11) is 0. The number of hydrogen-bond donors (Lipinski definition) is 0. The van der Waals surface area contributed by atoms with Gasteiger partial charge in [0, 0.05) is 78.0 Å². The Kier molecular flexibility index (Phi) is 7.78. The first-order chi connectivity index (χ1) is 36.2. The molecular formula is C64H38B2N4O3. The van der Waals surface area contributed by atoms with Gasteiger partial charge in [0.15, 0.2) is 0 Å². The molecule has 338 valence electrons. The topological polar surface area (TPSA) is 47.9 Å². The maximum Gasteiger partial charge on any atom is 0.301 e. The number of hydrogen-bond acceptors (Lipinski definition) is 5. The molecule has 0 fully saturated rings. The summed E-state index contributed by atoms with van der Waals surface area (Å²) in [5, 5.41) is 4.74. The number of para-hydroxylation sites is 6. The molecule has 4 aliphatic rings. The number of benzene rings is 10. The van der Waals surface area contributed by atoms with Crippen molar-refractivity contribution >= 4 is 124 Å². The van der Waals surface area contributed by atoms with E-state index in [0.29, 0.717) is 11.5 Å². The van der Waals surface area contributed by atoms with E-state index >= 15 is 0 Å². The molecule has 73 heavy (non-hydrogen) atoms. The van der Waals surface area contributed by atoms with Gasteiger partial charge in [-0.1, -0.05) is 121 Å². The molecule has 13 aromatic rings. The largest absolute Gasteiger partial charge is 0.477 e. The van der Waals surface area contributed by atoms with Crippen LogP contribution in [0.2, 0.25) is 0 Å². The van der Waals surface area contributed by atoms with Crippen molar-refractivity contribution in [3.05, 3.63) is 231 Å². The Hall–Kier alpha value is -9.59. The Morgan fingerprint density at radius 1 is 0.329 bits per heavy atom. The van der Waals surface area contributed by atoms with Crippen molar-refractivity contribution in [3.63, 3.8) is 0 Å². The Morgan fingerprint density at radius 2 is 0.699 bits per heavy atom. The third-order valence-electron chi connectivity index (χ3n) is 15.8. The van der Waals surface area contributed by atoms with Gasteiger partial charge in [0.2, 0.25) is 11.5 Å². The van der Waals surface area contributed by atoms with E-state index in [2.05, 4.69) is 249 Å². The van der Waals surface area contributed by atoms with Crippen LogP contribution in [0.1, 0.15) is 0 Å². The zero-order chi connectivity index (χ0) is 47.5. The van der Waals surface area contributed by atoms with Gasteiger partial charge in [-0.3, -0.25) is 0 Å². The maximum atomic E-state index is 7.61. The van der Waals surface area contributed by atoms with Gasteiger partial charge in [-0.2, -0.15) is 0 Å². The number of anilines is 6. The Balaban J connectivity index is 0.910. The maximum absolute atomic E-state index is 7.61. The number of rotatable bonds is 6. The van der Waals surface area contributed by atoms with E-state index in [1.54, 1.807) is 0 Å². The Bertz CT molecular complexity index is 4110. The van der Waals surface area contributed by atoms with Gasteiger partial charge in [0.25, 0.3) is 0 Å². The molecule has 0 aliphatic carbocycles. The summed E-state index contributed by atoms with van der Waals surface area (Å²) in [6.45, 7) is -0.575. The Morgan fingerprint density at radius 3 is 1.10 bits per heavy atom. The number of aromatic nitrogens is 2. The summed E-state index contributed by atoms with van der Waals surface area (Å²) >= 11 is 0. The lowest BCUT2D eigenvalue weighted by atomic mass is 9.36. The molecule has 0 bridgehead atoms. The number of fused-ring (bicyclic) bond motifs is 17. The fraction of sp³-hybridized carbons (Fsp3) is 0. The van der Waals surface area contributed by atoms with E-state index in [0.717, 1.165) is 112 Å². The second-order valence-electron chi connectivity index (χ2n) is 19.5. The van der Waals surface area contributed by atoms with Gasteiger partial charge in [-0.05, 0) is 120 Å². The summed E-state index contributed by atoms with van der Waals surface area (Å²) in [4.78, 5) is 4.68. The molecule has 7 nitrogen and oxygen atoms in total. The molecule has 0 spiro atoms. The van der Waals surface area contributed by atoms with Crippen molar-refractivity contribution in [2.24, 2.45) is 0 Å². The predicted octanol–water partition coefficient (Wildman–Crippen LogP) is 12.3. The highest BCUT2D eigenvalue weighted by atomic mass is 16.5. The predicted molar refractivity (Wildman–Crippen MR) is 299 cm³/mol. The molecule has 0 saturated heterocycles. The van der Waals surface area contributed by atoms with Crippen LogP contribution in [0.3, 0.4) is 0 Å². The van der Waals surface area contributed by atoms with Crippen molar-refractivity contribution < 1.29 is 13.9 Å². The van der Waals surface area contributed by atoms with Crippen molar-refractivity contribution in [3.8, 4) is 34.4 Å². The summed E-state index contributed by atoms with van der Waals surface area (Å²) < 4.78 is 26.9. The second kappa shape index (κ2) is 14.5. The molecular weight excluding hydrogens is 894 g/mol. The molecule has 0 radical (unpaired) electrons. The molecule has 0 saturated carbocycles. The number of nitrogens with zero attached hydrogens (tertiary/aromatic N) is 4. The van der Waals surface area contributed by atoms with Crippen LogP contribution >= 0.6 is 0 Å². The van der Waals surface area contributed by atoms with E-state index in [-0.39, 0.29) is 13.4 Å². The molecule has 3 aromatic heterocycles. The van der Waals surface area contributed by atoms with Crippen LogP contribution in [0, 0.1) is 0 Å². The highest BCUT2D eigenvalue weighted by molar-refractivity contribution is 7.01. The fourth-order valence-corrected chi connectivity index (χ4v) is 12.9. The minimum atomic E-state index is -0.287. The van der Waals surface area contributed by atoms with Gasteiger partial charge in [0.1, 0.15) is 22.8 Å². The first-order valence-electron chi connectivity index (χ1n) is 25.0. The van der Waals surface area contributed by atoms with Gasteiger partial charge in [0.05, 0.1) is 22.1 Å². The van der Waals surface area contributed by atoms with Crippen molar-refractivity contribution in [2.45, 2.75) is 0 Å². The lowest BCUT2D eigenvalue weighted by molar-refractivity contribution is 0.427. The summed E-state index contributed by atoms with van der Waals surface area (Å²) in [5.74, 6) is 2.89. The van der Waals surface area contributed by atoms with Crippen LogP contribution in [-0.4, -0.2) is 22.6 Å². The van der Waals surface area contributed by atoms with Gasteiger partial charge in [-0.25, -0.2) is 0 Å². The molecule has 4 aliphatic heterocycles. The summed E-state index contributed by atoms with van der Waals surface area (Å²) in [6, 6.07) is 82.6. The number of furan rings is 1. The van der Waals surface area contributed by atoms with Crippen LogP contribution in [-0.2, 0) is 0 Å². The minimum absolute atomic E-state index is 0.287. The van der Waals surface area contributed by atoms with Crippen LogP contribution < -0.4 is 52.4 Å². The molecule has 0 amide bonds. The SMILES string of the molecule is c1ccc(N(c2ccccc2)c2ccc3c(c2)-n2c4ccccc4c4ccc5c(c42)B3c2oc3c(c2O5)Oc2ccc4c5ccccc5n5c4c2B3c2ccc(N(c3ccccc3)c3ccccc3)cc2-5)cc1. The highest BCUT2D eigenvalue weighted by Gasteiger charge is 2.51. The smallest absolute Gasteiger partial charge is 0.301 e. The van der Waals surface area contributed by atoms with Gasteiger partial charge < -0.3 is 32.8 Å². The van der Waals surface area contributed by atoms with Crippen molar-refractivity contribution in [1.29, 1.82) is 0 Å². The average molecular weight is 933 g/mol. The summed E-state index contributed by atoms with van der Waals surface area (Å²) in [5.41, 5.74) is 19.2. The lowest BCUT2D eigenvalue weighted by Gasteiger charge is -2.32. The third-order valence-corrected chi connectivity index (χ3v) is 15.8. The molecule has 0 unspecified atom stereocenters. The van der Waals surface area contributed by atoms with E-state index < -0.39 is 0 Å². The average Bonchev–Trinajstić information content (AvgIpc) is 4.17. The van der Waals surface area contributed by atoms with Gasteiger partial charge >= 0.3 is 13.4 Å². The monoisotopic (exact) mass is 932 g/mol. The van der Waals surface area contributed by atoms with E-state index in [9.17, 15) is 0 Å². The van der Waals surface area contributed by atoms with Crippen molar-refractivity contribution in [1.82, 2.24) is 9.13 Å². The van der Waals surface area contributed by atoms with Crippen LogP contribution in [0.5, 0.6) is 23.0 Å². The van der Waals surface area contributed by atoms with Gasteiger partial charge in [-0.15, -0.1) is 0 Å². The molecule has 0 atom stereocenters. The zero-order valence-electron chi connectivity index (χ0n) is 39.1. The first-order valence-corrected chi connectivity index (χ1v) is 25.0. The molecule has 9 heteroatoms.